The fourth-order valence-electron chi connectivity index (χ4n) is 2.82. The summed E-state index contributed by atoms with van der Waals surface area (Å²) < 4.78 is 5.51. The van der Waals surface area contributed by atoms with Gasteiger partial charge in [-0.1, -0.05) is 30.3 Å². The van der Waals surface area contributed by atoms with Crippen molar-refractivity contribution in [2.45, 2.75) is 58.2 Å². The van der Waals surface area contributed by atoms with Crippen molar-refractivity contribution < 1.29 is 14.3 Å². The van der Waals surface area contributed by atoms with Crippen LogP contribution < -0.4 is 0 Å². The Morgan fingerprint density at radius 1 is 1.27 bits per heavy atom. The van der Waals surface area contributed by atoms with Gasteiger partial charge in [-0.15, -0.1) is 0 Å². The highest BCUT2D eigenvalue weighted by Gasteiger charge is 2.37. The largest absolute Gasteiger partial charge is 0.459 e. The van der Waals surface area contributed by atoms with Crippen molar-refractivity contribution in [1.29, 1.82) is 0 Å². The van der Waals surface area contributed by atoms with Crippen LogP contribution in [0.4, 0.5) is 0 Å². The molecule has 2 unspecified atom stereocenters. The average molecular weight is 303 g/mol. The number of benzene rings is 1. The van der Waals surface area contributed by atoms with Crippen LogP contribution in [0.5, 0.6) is 0 Å². The van der Waals surface area contributed by atoms with Gasteiger partial charge >= 0.3 is 5.97 Å². The number of carbonyl (C=O) groups is 2. The highest BCUT2D eigenvalue weighted by atomic mass is 16.6. The van der Waals surface area contributed by atoms with Gasteiger partial charge in [0.05, 0.1) is 0 Å². The van der Waals surface area contributed by atoms with Crippen LogP contribution in [0.1, 0.15) is 52.1 Å². The van der Waals surface area contributed by atoms with E-state index < -0.39 is 11.6 Å². The van der Waals surface area contributed by atoms with E-state index in [1.807, 2.05) is 51.1 Å². The Bertz CT molecular complexity index is 533. The lowest BCUT2D eigenvalue weighted by atomic mass is 9.96. The lowest BCUT2D eigenvalue weighted by Gasteiger charge is -2.39. The van der Waals surface area contributed by atoms with Gasteiger partial charge in [-0.05, 0) is 33.3 Å². The number of hydrogen-bond acceptors (Lipinski definition) is 4. The van der Waals surface area contributed by atoms with Crippen molar-refractivity contribution in [2.75, 3.05) is 6.54 Å². The predicted molar refractivity (Wildman–Crippen MR) is 85.4 cm³/mol. The van der Waals surface area contributed by atoms with Crippen molar-refractivity contribution in [3.63, 3.8) is 0 Å². The second-order valence-electron chi connectivity index (χ2n) is 6.87. The van der Waals surface area contributed by atoms with E-state index in [0.717, 1.165) is 5.56 Å². The molecule has 0 N–H and O–H groups in total. The Kier molecular flexibility index (Phi) is 5.01. The zero-order valence-electron chi connectivity index (χ0n) is 13.8. The standard InChI is InChI=1S/C18H25NO3/c1-13(14-8-6-5-7-9-14)19-11-10-15(20)12-16(19)17(21)22-18(2,3)4/h5-9,13,16H,10-12H2,1-4H3. The average Bonchev–Trinajstić information content (AvgIpc) is 2.45. The second kappa shape index (κ2) is 6.61. The van der Waals surface area contributed by atoms with Gasteiger partial charge in [0.15, 0.2) is 0 Å². The van der Waals surface area contributed by atoms with Gasteiger partial charge in [0.1, 0.15) is 17.4 Å². The molecular weight excluding hydrogens is 278 g/mol. The van der Waals surface area contributed by atoms with E-state index in [2.05, 4.69) is 11.8 Å². The molecule has 0 bridgehead atoms. The Hall–Kier alpha value is -1.68. The van der Waals surface area contributed by atoms with Gasteiger partial charge in [-0.3, -0.25) is 14.5 Å². The number of esters is 1. The van der Waals surface area contributed by atoms with Gasteiger partial charge in [0.25, 0.3) is 0 Å². The molecule has 0 saturated carbocycles. The third-order valence-corrected chi connectivity index (χ3v) is 3.93. The van der Waals surface area contributed by atoms with E-state index in [1.54, 1.807) is 0 Å². The van der Waals surface area contributed by atoms with E-state index in [-0.39, 0.29) is 24.2 Å². The van der Waals surface area contributed by atoms with Crippen LogP contribution >= 0.6 is 0 Å². The summed E-state index contributed by atoms with van der Waals surface area (Å²) in [6.07, 6.45) is 0.739. The number of likely N-dealkylation sites (tertiary alicyclic amines) is 1. The highest BCUT2D eigenvalue weighted by Crippen LogP contribution is 2.28. The zero-order chi connectivity index (χ0) is 16.3. The Morgan fingerprint density at radius 3 is 2.50 bits per heavy atom. The zero-order valence-corrected chi connectivity index (χ0v) is 13.8. The molecule has 22 heavy (non-hydrogen) atoms. The molecule has 2 rings (SSSR count). The molecular formula is C18H25NO3. The van der Waals surface area contributed by atoms with Gasteiger partial charge in [0, 0.05) is 25.4 Å². The number of ketones is 1. The number of hydrogen-bond donors (Lipinski definition) is 0. The van der Waals surface area contributed by atoms with Gasteiger partial charge in [-0.25, -0.2) is 0 Å². The quantitative estimate of drug-likeness (QED) is 0.805. The summed E-state index contributed by atoms with van der Waals surface area (Å²) in [6, 6.07) is 9.64. The summed E-state index contributed by atoms with van der Waals surface area (Å²) in [5.41, 5.74) is 0.601. The SMILES string of the molecule is CC(c1ccccc1)N1CCC(=O)CC1C(=O)OC(C)(C)C. The number of carbonyl (C=O) groups excluding carboxylic acids is 2. The van der Waals surface area contributed by atoms with Crippen molar-refractivity contribution in [1.82, 2.24) is 4.90 Å². The molecule has 0 aromatic heterocycles. The van der Waals surface area contributed by atoms with E-state index in [4.69, 9.17) is 4.74 Å². The molecule has 1 saturated heterocycles. The summed E-state index contributed by atoms with van der Waals surface area (Å²) in [4.78, 5) is 26.4. The number of Topliss-reactive ketones (excluding diaryl/α,β-unsaturated/α-hetero) is 1. The maximum absolute atomic E-state index is 12.5. The van der Waals surface area contributed by atoms with Crippen LogP contribution in [0.25, 0.3) is 0 Å². The molecule has 4 nitrogen and oxygen atoms in total. The van der Waals surface area contributed by atoms with Crippen LogP contribution in [0, 0.1) is 0 Å². The Morgan fingerprint density at radius 2 is 1.91 bits per heavy atom. The smallest absolute Gasteiger partial charge is 0.324 e. The third-order valence-electron chi connectivity index (χ3n) is 3.93. The lowest BCUT2D eigenvalue weighted by Crippen LogP contribution is -2.50. The van der Waals surface area contributed by atoms with E-state index in [9.17, 15) is 9.59 Å². The molecule has 2 atom stereocenters. The summed E-state index contributed by atoms with van der Waals surface area (Å²) in [7, 11) is 0. The van der Waals surface area contributed by atoms with Gasteiger partial charge in [-0.2, -0.15) is 0 Å². The fraction of sp³-hybridized carbons (Fsp3) is 0.556. The highest BCUT2D eigenvalue weighted by molar-refractivity contribution is 5.88. The van der Waals surface area contributed by atoms with Crippen LogP contribution in [0.15, 0.2) is 30.3 Å². The monoisotopic (exact) mass is 303 g/mol. The molecule has 1 heterocycles. The summed E-state index contributed by atoms with van der Waals surface area (Å²) in [6.45, 7) is 8.21. The molecule has 0 amide bonds. The molecule has 1 fully saturated rings. The molecule has 1 aliphatic rings. The molecule has 120 valence electrons. The van der Waals surface area contributed by atoms with Crippen molar-refractivity contribution in [3.05, 3.63) is 35.9 Å². The van der Waals surface area contributed by atoms with E-state index in [0.29, 0.717) is 13.0 Å². The van der Waals surface area contributed by atoms with E-state index >= 15 is 0 Å². The van der Waals surface area contributed by atoms with Gasteiger partial charge in [0.2, 0.25) is 0 Å². The number of piperidine rings is 1. The van der Waals surface area contributed by atoms with Crippen LogP contribution in [0.3, 0.4) is 0 Å². The Balaban J connectivity index is 2.19. The third kappa shape index (κ3) is 4.17. The molecule has 0 aliphatic carbocycles. The number of nitrogens with zero attached hydrogens (tertiary/aromatic N) is 1. The van der Waals surface area contributed by atoms with E-state index in [1.165, 1.54) is 0 Å². The maximum Gasteiger partial charge on any atom is 0.324 e. The molecule has 0 radical (unpaired) electrons. The number of ether oxygens (including phenoxy) is 1. The first-order chi connectivity index (χ1) is 10.3. The van der Waals surface area contributed by atoms with Gasteiger partial charge < -0.3 is 4.74 Å². The molecule has 4 heteroatoms. The lowest BCUT2D eigenvalue weighted by molar-refractivity contribution is -0.165. The van der Waals surface area contributed by atoms with Crippen molar-refractivity contribution >= 4 is 11.8 Å². The molecule has 1 aliphatic heterocycles. The predicted octanol–water partition coefficient (Wildman–Crippen LogP) is 3.12. The fourth-order valence-corrected chi connectivity index (χ4v) is 2.82. The normalized spacial score (nSPS) is 21.5. The Labute approximate surface area is 132 Å². The van der Waals surface area contributed by atoms with Crippen LogP contribution in [-0.2, 0) is 14.3 Å². The van der Waals surface area contributed by atoms with Crippen molar-refractivity contribution in [3.8, 4) is 0 Å². The first-order valence-electron chi connectivity index (χ1n) is 7.83. The summed E-state index contributed by atoms with van der Waals surface area (Å²) in [5.74, 6) is -0.171. The van der Waals surface area contributed by atoms with Crippen LogP contribution in [0.2, 0.25) is 0 Å². The summed E-state index contributed by atoms with van der Waals surface area (Å²) in [5, 5.41) is 0. The maximum atomic E-state index is 12.5. The minimum absolute atomic E-state index is 0.0758. The topological polar surface area (TPSA) is 46.6 Å². The molecule has 0 spiro atoms. The van der Waals surface area contributed by atoms with Crippen molar-refractivity contribution in [2.24, 2.45) is 0 Å². The minimum Gasteiger partial charge on any atom is -0.459 e. The second-order valence-corrected chi connectivity index (χ2v) is 6.87. The number of rotatable bonds is 3. The first-order valence-corrected chi connectivity index (χ1v) is 7.83. The minimum atomic E-state index is -0.542. The summed E-state index contributed by atoms with van der Waals surface area (Å²) >= 11 is 0. The first kappa shape index (κ1) is 16.7. The van der Waals surface area contributed by atoms with Crippen LogP contribution in [-0.4, -0.2) is 34.8 Å². The molecule has 1 aromatic rings. The molecule has 1 aromatic carbocycles.